The Morgan fingerprint density at radius 3 is 2.23 bits per heavy atom. The molecule has 2 N–H and O–H groups in total. The number of carboxylic acids is 1. The number of piperidine rings is 1. The van der Waals surface area contributed by atoms with Crippen LogP contribution in [0.25, 0.3) is 5.69 Å². The van der Waals surface area contributed by atoms with Crippen LogP contribution in [-0.4, -0.2) is 44.7 Å². The molecule has 8 nitrogen and oxygen atoms in total. The van der Waals surface area contributed by atoms with Crippen molar-refractivity contribution in [3.8, 4) is 5.69 Å². The van der Waals surface area contributed by atoms with Crippen molar-refractivity contribution >= 4 is 12.1 Å². The largest absolute Gasteiger partial charge is 0.477 e. The predicted octanol–water partition coefficient (Wildman–Crippen LogP) is 3.38. The lowest BCUT2D eigenvalue weighted by molar-refractivity contribution is 0.0684. The fraction of sp³-hybridized carbons (Fsp3) is 0.261. The smallest absolute Gasteiger partial charge is 0.410 e. The summed E-state index contributed by atoms with van der Waals surface area (Å²) in [6.45, 7) is 1.05. The quantitative estimate of drug-likeness (QED) is 0.657. The summed E-state index contributed by atoms with van der Waals surface area (Å²) < 4.78 is 6.83. The number of rotatable bonds is 5. The average molecular weight is 421 g/mol. The molecule has 0 bridgehead atoms. The first-order valence-electron chi connectivity index (χ1n) is 10.1. The van der Waals surface area contributed by atoms with Crippen molar-refractivity contribution in [3.05, 3.63) is 88.1 Å². The van der Waals surface area contributed by atoms with Crippen LogP contribution in [-0.2, 0) is 11.3 Å². The third-order valence-electron chi connectivity index (χ3n) is 5.51. The predicted molar refractivity (Wildman–Crippen MR) is 114 cm³/mol. The number of imidazole rings is 1. The summed E-state index contributed by atoms with van der Waals surface area (Å²) in [7, 11) is 0. The lowest BCUT2D eigenvalue weighted by Gasteiger charge is -2.31. The molecule has 2 aromatic carbocycles. The van der Waals surface area contributed by atoms with Crippen LogP contribution in [0.1, 0.15) is 40.5 Å². The number of nitrogens with zero attached hydrogens (tertiary/aromatic N) is 2. The van der Waals surface area contributed by atoms with Crippen molar-refractivity contribution in [1.82, 2.24) is 14.5 Å². The lowest BCUT2D eigenvalue weighted by Crippen LogP contribution is -2.39. The van der Waals surface area contributed by atoms with Crippen molar-refractivity contribution in [2.24, 2.45) is 0 Å². The van der Waals surface area contributed by atoms with E-state index < -0.39 is 17.8 Å². The van der Waals surface area contributed by atoms with Crippen LogP contribution in [0.4, 0.5) is 4.79 Å². The van der Waals surface area contributed by atoms with Crippen LogP contribution in [0.3, 0.4) is 0 Å². The van der Waals surface area contributed by atoms with Crippen LogP contribution in [0.5, 0.6) is 0 Å². The average Bonchev–Trinajstić information content (AvgIpc) is 3.16. The van der Waals surface area contributed by atoms with Crippen LogP contribution in [0, 0.1) is 0 Å². The number of carboxylic acid groups (broad SMARTS) is 1. The van der Waals surface area contributed by atoms with E-state index in [-0.39, 0.29) is 18.2 Å². The van der Waals surface area contributed by atoms with Gasteiger partial charge in [-0.1, -0.05) is 48.5 Å². The highest BCUT2D eigenvalue weighted by molar-refractivity contribution is 5.87. The van der Waals surface area contributed by atoms with Gasteiger partial charge in [0.25, 0.3) is 0 Å². The van der Waals surface area contributed by atoms with Gasteiger partial charge in [0.2, 0.25) is 0 Å². The SMILES string of the molecule is O=C(O)c1[nH]c(=O)n(-c2ccccc2)c1C1CCN(C(=O)OCc2ccccc2)CC1. The maximum atomic E-state index is 12.6. The second-order valence-corrected chi connectivity index (χ2v) is 7.47. The number of carbonyl (C=O) groups is 2. The van der Waals surface area contributed by atoms with Gasteiger partial charge in [-0.15, -0.1) is 0 Å². The molecular formula is C23H23N3O5. The Morgan fingerprint density at radius 1 is 1.00 bits per heavy atom. The summed E-state index contributed by atoms with van der Waals surface area (Å²) in [5.41, 5.74) is 1.38. The number of aromatic amines is 1. The third-order valence-corrected chi connectivity index (χ3v) is 5.51. The van der Waals surface area contributed by atoms with Gasteiger partial charge in [0.1, 0.15) is 12.3 Å². The highest BCUT2D eigenvalue weighted by Crippen LogP contribution is 2.31. The van der Waals surface area contributed by atoms with Crippen molar-refractivity contribution in [2.75, 3.05) is 13.1 Å². The van der Waals surface area contributed by atoms with E-state index in [4.69, 9.17) is 4.74 Å². The Kier molecular flexibility index (Phi) is 5.88. The molecule has 1 amide bonds. The number of hydrogen-bond acceptors (Lipinski definition) is 4. The van der Waals surface area contributed by atoms with E-state index in [9.17, 15) is 19.5 Å². The van der Waals surface area contributed by atoms with Gasteiger partial charge in [-0.25, -0.2) is 14.4 Å². The second-order valence-electron chi connectivity index (χ2n) is 7.47. The summed E-state index contributed by atoms with van der Waals surface area (Å²) >= 11 is 0. The van der Waals surface area contributed by atoms with Gasteiger partial charge in [-0.2, -0.15) is 0 Å². The van der Waals surface area contributed by atoms with Gasteiger partial charge in [0, 0.05) is 19.0 Å². The zero-order valence-electron chi connectivity index (χ0n) is 16.9. The molecular weight excluding hydrogens is 398 g/mol. The van der Waals surface area contributed by atoms with E-state index in [0.29, 0.717) is 37.3 Å². The standard InChI is InChI=1S/C23H23N3O5/c27-21(28)19-20(26(22(29)24-19)18-9-5-2-6-10-18)17-11-13-25(14-12-17)23(30)31-15-16-7-3-1-4-8-16/h1-10,17H,11-15H2,(H,24,29)(H,27,28). The first kappa shape index (κ1) is 20.5. The second kappa shape index (κ2) is 8.91. The highest BCUT2D eigenvalue weighted by Gasteiger charge is 2.31. The number of benzene rings is 2. The topological polar surface area (TPSA) is 105 Å². The molecule has 160 valence electrons. The molecule has 0 spiro atoms. The molecule has 0 unspecified atom stereocenters. The molecule has 0 aliphatic carbocycles. The third kappa shape index (κ3) is 4.37. The van der Waals surface area contributed by atoms with Gasteiger partial charge in [0.05, 0.1) is 11.4 Å². The van der Waals surface area contributed by atoms with E-state index in [2.05, 4.69) is 4.98 Å². The fourth-order valence-corrected chi connectivity index (χ4v) is 3.98. The summed E-state index contributed by atoms with van der Waals surface area (Å²) in [6, 6.07) is 18.4. The number of likely N-dealkylation sites (tertiary alicyclic amines) is 1. The van der Waals surface area contributed by atoms with Gasteiger partial charge in [-0.3, -0.25) is 9.55 Å². The first-order valence-corrected chi connectivity index (χ1v) is 10.1. The molecule has 2 heterocycles. The fourth-order valence-electron chi connectivity index (χ4n) is 3.98. The van der Waals surface area contributed by atoms with Gasteiger partial charge in [-0.05, 0) is 30.5 Å². The Bertz CT molecular complexity index is 1110. The summed E-state index contributed by atoms with van der Waals surface area (Å²) in [5, 5.41) is 9.63. The van der Waals surface area contributed by atoms with Crippen molar-refractivity contribution in [3.63, 3.8) is 0 Å². The molecule has 31 heavy (non-hydrogen) atoms. The minimum absolute atomic E-state index is 0.0982. The zero-order valence-corrected chi connectivity index (χ0v) is 16.9. The number of para-hydroxylation sites is 1. The van der Waals surface area contributed by atoms with E-state index >= 15 is 0 Å². The summed E-state index contributed by atoms with van der Waals surface area (Å²) in [4.78, 5) is 40.9. The number of aromatic carboxylic acids is 1. The van der Waals surface area contributed by atoms with E-state index in [1.807, 2.05) is 36.4 Å². The maximum Gasteiger partial charge on any atom is 0.410 e. The molecule has 4 rings (SSSR count). The first-order chi connectivity index (χ1) is 15.0. The Balaban J connectivity index is 1.49. The molecule has 1 aliphatic rings. The zero-order chi connectivity index (χ0) is 21.8. The van der Waals surface area contributed by atoms with Crippen LogP contribution in [0.15, 0.2) is 65.5 Å². The number of hydrogen-bond donors (Lipinski definition) is 2. The number of H-pyrrole nitrogens is 1. The molecule has 1 aromatic heterocycles. The van der Waals surface area contributed by atoms with E-state index in [0.717, 1.165) is 5.56 Å². The number of ether oxygens (including phenoxy) is 1. The molecule has 3 aromatic rings. The molecule has 1 aliphatic heterocycles. The van der Waals surface area contributed by atoms with Crippen molar-refractivity contribution in [2.45, 2.75) is 25.4 Å². The molecule has 8 heteroatoms. The number of amides is 1. The van der Waals surface area contributed by atoms with Crippen LogP contribution >= 0.6 is 0 Å². The molecule has 0 atom stereocenters. The van der Waals surface area contributed by atoms with E-state index in [1.54, 1.807) is 29.2 Å². The van der Waals surface area contributed by atoms with E-state index in [1.165, 1.54) is 4.57 Å². The minimum Gasteiger partial charge on any atom is -0.477 e. The number of nitrogens with one attached hydrogen (secondary N) is 1. The number of carbonyl (C=O) groups excluding carboxylic acids is 1. The highest BCUT2D eigenvalue weighted by atomic mass is 16.6. The van der Waals surface area contributed by atoms with Gasteiger partial charge in [0.15, 0.2) is 0 Å². The molecule has 1 saturated heterocycles. The van der Waals surface area contributed by atoms with Crippen molar-refractivity contribution in [1.29, 1.82) is 0 Å². The lowest BCUT2D eigenvalue weighted by atomic mass is 9.92. The van der Waals surface area contributed by atoms with Crippen molar-refractivity contribution < 1.29 is 19.4 Å². The van der Waals surface area contributed by atoms with Crippen LogP contribution < -0.4 is 5.69 Å². The summed E-state index contributed by atoms with van der Waals surface area (Å²) in [6.07, 6.45) is 0.672. The Hall–Kier alpha value is -3.81. The molecule has 0 radical (unpaired) electrons. The molecule has 1 fully saturated rings. The van der Waals surface area contributed by atoms with Gasteiger partial charge < -0.3 is 14.7 Å². The maximum absolute atomic E-state index is 12.6. The molecule has 0 saturated carbocycles. The Labute approximate surface area is 178 Å². The number of aromatic nitrogens is 2. The summed E-state index contributed by atoms with van der Waals surface area (Å²) in [5.74, 6) is -1.35. The van der Waals surface area contributed by atoms with Gasteiger partial charge >= 0.3 is 17.8 Å². The van der Waals surface area contributed by atoms with Crippen LogP contribution in [0.2, 0.25) is 0 Å². The minimum atomic E-state index is -1.17. The normalized spacial score (nSPS) is 14.4. The Morgan fingerprint density at radius 2 is 1.61 bits per heavy atom. The monoisotopic (exact) mass is 421 g/mol.